The van der Waals surface area contributed by atoms with Crippen molar-refractivity contribution in [1.29, 1.82) is 5.26 Å². The molecule has 4 N–H and O–H groups in total. The molecule has 0 aliphatic rings. The highest BCUT2D eigenvalue weighted by Crippen LogP contribution is 2.33. The van der Waals surface area contributed by atoms with Crippen molar-refractivity contribution in [3.8, 4) is 16.5 Å². The normalized spacial score (nSPS) is 9.96. The molecule has 0 aliphatic heterocycles. The van der Waals surface area contributed by atoms with Crippen LogP contribution in [0.1, 0.15) is 26.3 Å². The Morgan fingerprint density at radius 1 is 0.962 bits per heavy atom. The average molecular weight is 362 g/mol. The number of hydrogen-bond donors (Lipinski definition) is 3. The number of nitrogens with zero attached hydrogens (tertiary/aromatic N) is 1. The molecule has 26 heavy (non-hydrogen) atoms. The molecule has 128 valence electrons. The van der Waals surface area contributed by atoms with Crippen LogP contribution in [0.5, 0.6) is 0 Å². The van der Waals surface area contributed by atoms with E-state index in [1.807, 2.05) is 36.4 Å². The fraction of sp³-hybridized carbons (Fsp3) is 0. The second-order valence-corrected chi connectivity index (χ2v) is 6.44. The summed E-state index contributed by atoms with van der Waals surface area (Å²) < 4.78 is 0. The number of thiophene rings is 1. The quantitative estimate of drug-likeness (QED) is 0.623. The molecule has 2 amide bonds. The maximum atomic E-state index is 12.3. The van der Waals surface area contributed by atoms with Crippen LogP contribution < -0.4 is 16.6 Å². The van der Waals surface area contributed by atoms with Gasteiger partial charge in [0.1, 0.15) is 0 Å². The van der Waals surface area contributed by atoms with Crippen molar-refractivity contribution in [2.75, 3.05) is 5.73 Å². The van der Waals surface area contributed by atoms with Crippen molar-refractivity contribution in [2.45, 2.75) is 0 Å². The monoisotopic (exact) mass is 362 g/mol. The third-order valence-electron chi connectivity index (χ3n) is 3.63. The van der Waals surface area contributed by atoms with E-state index in [1.165, 1.54) is 35.6 Å². The van der Waals surface area contributed by atoms with E-state index in [9.17, 15) is 9.59 Å². The Kier molecular flexibility index (Phi) is 4.97. The molecule has 0 spiro atoms. The van der Waals surface area contributed by atoms with Gasteiger partial charge in [0.15, 0.2) is 0 Å². The highest BCUT2D eigenvalue weighted by molar-refractivity contribution is 7.19. The highest BCUT2D eigenvalue weighted by atomic mass is 32.1. The molecule has 1 heterocycles. The predicted molar refractivity (Wildman–Crippen MR) is 100 cm³/mol. The summed E-state index contributed by atoms with van der Waals surface area (Å²) in [6.45, 7) is 0. The topological polar surface area (TPSA) is 108 Å². The van der Waals surface area contributed by atoms with Crippen LogP contribution in [0, 0.1) is 11.3 Å². The first kappa shape index (κ1) is 17.2. The van der Waals surface area contributed by atoms with E-state index in [0.29, 0.717) is 21.7 Å². The average Bonchev–Trinajstić information content (AvgIpc) is 3.08. The second-order valence-electron chi connectivity index (χ2n) is 5.35. The third-order valence-corrected chi connectivity index (χ3v) is 4.64. The van der Waals surface area contributed by atoms with E-state index in [1.54, 1.807) is 6.07 Å². The van der Waals surface area contributed by atoms with E-state index >= 15 is 0 Å². The lowest BCUT2D eigenvalue weighted by Gasteiger charge is -2.07. The van der Waals surface area contributed by atoms with Crippen LogP contribution in [-0.2, 0) is 0 Å². The van der Waals surface area contributed by atoms with E-state index in [0.717, 1.165) is 10.4 Å². The van der Waals surface area contributed by atoms with Gasteiger partial charge in [-0.1, -0.05) is 30.3 Å². The summed E-state index contributed by atoms with van der Waals surface area (Å²) in [5.41, 5.74) is 12.7. The van der Waals surface area contributed by atoms with Crippen LogP contribution >= 0.6 is 11.3 Å². The van der Waals surface area contributed by atoms with Crippen molar-refractivity contribution < 1.29 is 9.59 Å². The molecule has 0 atom stereocenters. The largest absolute Gasteiger partial charge is 0.390 e. The first-order valence-electron chi connectivity index (χ1n) is 7.64. The zero-order valence-corrected chi connectivity index (χ0v) is 14.3. The summed E-state index contributed by atoms with van der Waals surface area (Å²) in [5, 5.41) is 9.13. The van der Waals surface area contributed by atoms with Crippen molar-refractivity contribution in [3.05, 3.63) is 77.4 Å². The molecule has 3 rings (SSSR count). The number of benzene rings is 2. The predicted octanol–water partition coefficient (Wildman–Crippen LogP) is 2.94. The fourth-order valence-electron chi connectivity index (χ4n) is 2.28. The lowest BCUT2D eigenvalue weighted by atomic mass is 10.1. The van der Waals surface area contributed by atoms with Gasteiger partial charge in [-0.25, -0.2) is 0 Å². The molecule has 0 unspecified atom stereocenters. The van der Waals surface area contributed by atoms with Gasteiger partial charge in [0.25, 0.3) is 11.8 Å². The number of nitriles is 1. The minimum absolute atomic E-state index is 0.300. The van der Waals surface area contributed by atoms with Crippen molar-refractivity contribution in [3.63, 3.8) is 0 Å². The summed E-state index contributed by atoms with van der Waals surface area (Å²) in [6, 6.07) is 19.3. The van der Waals surface area contributed by atoms with Gasteiger partial charge in [0, 0.05) is 10.4 Å². The molecule has 0 bridgehead atoms. The molecule has 0 saturated heterocycles. The molecule has 1 aromatic heterocycles. The van der Waals surface area contributed by atoms with E-state index in [2.05, 4.69) is 10.9 Å². The van der Waals surface area contributed by atoms with E-state index < -0.39 is 11.8 Å². The number of hydrogen-bond acceptors (Lipinski definition) is 5. The van der Waals surface area contributed by atoms with Crippen molar-refractivity contribution in [2.24, 2.45) is 0 Å². The number of hydrazine groups is 1. The smallest absolute Gasteiger partial charge is 0.272 e. The number of carbonyl (C=O) groups excluding carboxylic acids is 2. The number of amides is 2. The molecular formula is C19H14N4O2S. The molecule has 0 radical (unpaired) electrons. The summed E-state index contributed by atoms with van der Waals surface area (Å²) in [7, 11) is 0. The van der Waals surface area contributed by atoms with Crippen LogP contribution in [0.3, 0.4) is 0 Å². The third kappa shape index (κ3) is 3.71. The Hall–Kier alpha value is -3.63. The SMILES string of the molecule is N#Cc1ccc(C(=O)NNC(=O)c2cc(-c3ccccc3)sc2N)cc1. The number of carbonyl (C=O) groups is 2. The van der Waals surface area contributed by atoms with Gasteiger partial charge in [-0.3, -0.25) is 20.4 Å². The van der Waals surface area contributed by atoms with Crippen LogP contribution in [0.15, 0.2) is 60.7 Å². The Morgan fingerprint density at radius 3 is 2.27 bits per heavy atom. The van der Waals surface area contributed by atoms with Crippen LogP contribution in [0.4, 0.5) is 5.00 Å². The van der Waals surface area contributed by atoms with Gasteiger partial charge >= 0.3 is 0 Å². The first-order chi connectivity index (χ1) is 12.6. The minimum atomic E-state index is -0.497. The van der Waals surface area contributed by atoms with Gasteiger partial charge < -0.3 is 5.73 Å². The maximum absolute atomic E-state index is 12.3. The van der Waals surface area contributed by atoms with Gasteiger partial charge in [-0.15, -0.1) is 11.3 Å². The maximum Gasteiger partial charge on any atom is 0.272 e. The Balaban J connectivity index is 1.67. The van der Waals surface area contributed by atoms with E-state index in [-0.39, 0.29) is 0 Å². The number of nitrogens with one attached hydrogen (secondary N) is 2. The lowest BCUT2D eigenvalue weighted by molar-refractivity contribution is 0.0847. The second kappa shape index (κ2) is 7.51. The zero-order valence-electron chi connectivity index (χ0n) is 13.5. The van der Waals surface area contributed by atoms with E-state index in [4.69, 9.17) is 11.0 Å². The minimum Gasteiger partial charge on any atom is -0.390 e. The van der Waals surface area contributed by atoms with Gasteiger partial charge in [-0.2, -0.15) is 5.26 Å². The number of nitrogens with two attached hydrogens (primary N) is 1. The van der Waals surface area contributed by atoms with Crippen molar-refractivity contribution >= 4 is 28.2 Å². The van der Waals surface area contributed by atoms with Gasteiger partial charge in [-0.05, 0) is 35.9 Å². The molecule has 0 saturated carbocycles. The number of anilines is 1. The molecule has 2 aromatic carbocycles. The standard InChI is InChI=1S/C19H14N4O2S/c20-11-12-6-8-14(9-7-12)18(24)22-23-19(25)15-10-16(26-17(15)21)13-4-2-1-3-5-13/h1-10H,21H2,(H,22,24)(H,23,25). The van der Waals surface area contributed by atoms with Crippen LogP contribution in [0.2, 0.25) is 0 Å². The molecule has 7 heteroatoms. The summed E-state index contributed by atoms with van der Waals surface area (Å²) in [6.07, 6.45) is 0. The fourth-order valence-corrected chi connectivity index (χ4v) is 3.21. The Morgan fingerprint density at radius 2 is 1.62 bits per heavy atom. The highest BCUT2D eigenvalue weighted by Gasteiger charge is 2.16. The molecule has 3 aromatic rings. The lowest BCUT2D eigenvalue weighted by Crippen LogP contribution is -2.41. The molecule has 0 aliphatic carbocycles. The summed E-state index contributed by atoms with van der Waals surface area (Å²) in [5.74, 6) is -0.983. The Labute approximate surface area is 153 Å². The molecule has 0 fully saturated rings. The van der Waals surface area contributed by atoms with Crippen LogP contribution in [0.25, 0.3) is 10.4 Å². The number of nitrogen functional groups attached to an aromatic ring is 1. The summed E-state index contributed by atoms with van der Waals surface area (Å²) >= 11 is 1.30. The first-order valence-corrected chi connectivity index (χ1v) is 8.45. The summed E-state index contributed by atoms with van der Waals surface area (Å²) in [4.78, 5) is 25.2. The van der Waals surface area contributed by atoms with Crippen molar-refractivity contribution in [1.82, 2.24) is 10.9 Å². The molecule has 6 nitrogen and oxygen atoms in total. The van der Waals surface area contributed by atoms with Crippen LogP contribution in [-0.4, -0.2) is 11.8 Å². The van der Waals surface area contributed by atoms with Gasteiger partial charge in [0.05, 0.1) is 22.2 Å². The zero-order chi connectivity index (χ0) is 18.5. The molecular weight excluding hydrogens is 348 g/mol. The van der Waals surface area contributed by atoms with Gasteiger partial charge in [0.2, 0.25) is 0 Å². The Bertz CT molecular complexity index is 989. The number of rotatable bonds is 3.